The van der Waals surface area contributed by atoms with Crippen LogP contribution in [0.15, 0.2) is 107 Å². The molecule has 10 heteroatoms. The van der Waals surface area contributed by atoms with Gasteiger partial charge < -0.3 is 10.6 Å². The van der Waals surface area contributed by atoms with E-state index in [1.807, 2.05) is 48.5 Å². The molecule has 4 aromatic carbocycles. The molecular weight excluding hydrogens is 472 g/mol. The number of non-ortho nitro benzene ring substituents is 2. The second kappa shape index (κ2) is 11.8. The van der Waals surface area contributed by atoms with E-state index in [0.29, 0.717) is 17.8 Å². The summed E-state index contributed by atoms with van der Waals surface area (Å²) in [5, 5.41) is 28.3. The topological polar surface area (TPSA) is 135 Å². The molecule has 0 aliphatic carbocycles. The number of rotatable bonds is 10. The molecule has 0 saturated heterocycles. The molecule has 4 aromatic rings. The van der Waals surface area contributed by atoms with Crippen LogP contribution in [0.2, 0.25) is 0 Å². The van der Waals surface area contributed by atoms with E-state index in [9.17, 15) is 20.2 Å². The number of nitro benzene ring substituents is 2. The molecule has 0 heterocycles. The van der Waals surface area contributed by atoms with E-state index >= 15 is 0 Å². The van der Waals surface area contributed by atoms with Crippen molar-refractivity contribution in [3.05, 3.63) is 128 Å². The van der Waals surface area contributed by atoms with Crippen LogP contribution < -0.4 is 10.6 Å². The van der Waals surface area contributed by atoms with E-state index < -0.39 is 9.85 Å². The Morgan fingerprint density at radius 2 is 1.03 bits per heavy atom. The van der Waals surface area contributed by atoms with Crippen LogP contribution >= 0.6 is 0 Å². The Morgan fingerprint density at radius 3 is 1.41 bits per heavy atom. The Balaban J connectivity index is 1.26. The zero-order chi connectivity index (χ0) is 26.0. The number of nitrogens with zero attached hydrogens (tertiary/aromatic N) is 4. The highest BCUT2D eigenvalue weighted by Crippen LogP contribution is 2.19. The van der Waals surface area contributed by atoms with Gasteiger partial charge in [-0.3, -0.25) is 30.2 Å². The Bertz CT molecular complexity index is 1340. The van der Waals surface area contributed by atoms with Crippen molar-refractivity contribution in [1.29, 1.82) is 0 Å². The lowest BCUT2D eigenvalue weighted by Gasteiger charge is -2.10. The Morgan fingerprint density at radius 1 is 0.622 bits per heavy atom. The fourth-order valence-electron chi connectivity index (χ4n) is 3.31. The standard InChI is InChI=1S/C27H22N6O4/c34-32(35)26-5-1-3-20(15-26)17-28-22-7-11-24(12-8-22)30-19-31-25-13-9-23(10-14-25)29-18-21-4-2-6-27(16-21)33(36)37/h1-18,30-31H,19H2. The quantitative estimate of drug-likeness (QED) is 0.112. The number of nitro groups is 2. The fourth-order valence-corrected chi connectivity index (χ4v) is 3.31. The van der Waals surface area contributed by atoms with Gasteiger partial charge in [0.2, 0.25) is 0 Å². The summed E-state index contributed by atoms with van der Waals surface area (Å²) in [7, 11) is 0. The number of anilines is 2. The van der Waals surface area contributed by atoms with E-state index in [2.05, 4.69) is 20.6 Å². The first-order valence-electron chi connectivity index (χ1n) is 11.2. The number of hydrogen-bond acceptors (Lipinski definition) is 8. The second-order valence-corrected chi connectivity index (χ2v) is 7.84. The van der Waals surface area contributed by atoms with Gasteiger partial charge in [0.05, 0.1) is 27.9 Å². The molecule has 37 heavy (non-hydrogen) atoms. The van der Waals surface area contributed by atoms with Crippen molar-refractivity contribution in [2.75, 3.05) is 17.3 Å². The van der Waals surface area contributed by atoms with Crippen molar-refractivity contribution in [2.24, 2.45) is 9.98 Å². The molecule has 0 aliphatic rings. The van der Waals surface area contributed by atoms with Gasteiger partial charge in [0.15, 0.2) is 0 Å². The third kappa shape index (κ3) is 7.30. The molecule has 0 spiro atoms. The average Bonchev–Trinajstić information content (AvgIpc) is 2.92. The fraction of sp³-hybridized carbons (Fsp3) is 0.0370. The molecule has 0 aromatic heterocycles. The predicted octanol–water partition coefficient (Wildman–Crippen LogP) is 6.49. The van der Waals surface area contributed by atoms with E-state index in [4.69, 9.17) is 0 Å². The van der Waals surface area contributed by atoms with E-state index in [-0.39, 0.29) is 11.4 Å². The lowest BCUT2D eigenvalue weighted by atomic mass is 10.2. The molecule has 0 bridgehead atoms. The maximum Gasteiger partial charge on any atom is 0.270 e. The molecule has 0 saturated carbocycles. The van der Waals surface area contributed by atoms with Crippen molar-refractivity contribution in [3.63, 3.8) is 0 Å². The summed E-state index contributed by atoms with van der Waals surface area (Å²) in [6.07, 6.45) is 3.18. The second-order valence-electron chi connectivity index (χ2n) is 7.84. The van der Waals surface area contributed by atoms with Gasteiger partial charge in [-0.15, -0.1) is 0 Å². The lowest BCUT2D eigenvalue weighted by Crippen LogP contribution is -2.11. The highest BCUT2D eigenvalue weighted by atomic mass is 16.6. The maximum absolute atomic E-state index is 10.9. The first-order valence-corrected chi connectivity index (χ1v) is 11.2. The Kier molecular flexibility index (Phi) is 7.92. The van der Waals surface area contributed by atoms with Crippen LogP contribution in [0, 0.1) is 20.2 Å². The molecular formula is C27H22N6O4. The molecule has 0 fully saturated rings. The van der Waals surface area contributed by atoms with Crippen LogP contribution in [0.25, 0.3) is 0 Å². The van der Waals surface area contributed by atoms with Crippen LogP contribution in [0.4, 0.5) is 34.1 Å². The van der Waals surface area contributed by atoms with Gasteiger partial charge in [-0.2, -0.15) is 0 Å². The molecule has 0 unspecified atom stereocenters. The van der Waals surface area contributed by atoms with E-state index in [1.165, 1.54) is 24.3 Å². The maximum atomic E-state index is 10.9. The van der Waals surface area contributed by atoms with Gasteiger partial charge in [-0.25, -0.2) is 0 Å². The molecule has 0 aliphatic heterocycles. The normalized spacial score (nSPS) is 11.0. The van der Waals surface area contributed by atoms with Crippen molar-refractivity contribution in [1.82, 2.24) is 0 Å². The van der Waals surface area contributed by atoms with Crippen LogP contribution in [0.5, 0.6) is 0 Å². The molecule has 184 valence electrons. The number of hydrogen-bond donors (Lipinski definition) is 2. The van der Waals surface area contributed by atoms with Gasteiger partial charge in [0.25, 0.3) is 11.4 Å². The molecule has 4 rings (SSSR count). The third-order valence-electron chi connectivity index (χ3n) is 5.21. The minimum Gasteiger partial charge on any atom is -0.368 e. The van der Waals surface area contributed by atoms with E-state index in [0.717, 1.165) is 22.7 Å². The third-order valence-corrected chi connectivity index (χ3v) is 5.21. The van der Waals surface area contributed by atoms with Gasteiger partial charge in [0, 0.05) is 48.1 Å². The Hall–Kier alpha value is -5.38. The highest BCUT2D eigenvalue weighted by molar-refractivity contribution is 5.83. The van der Waals surface area contributed by atoms with Crippen LogP contribution in [-0.4, -0.2) is 28.9 Å². The SMILES string of the molecule is O=[N+]([O-])c1cccc(C=Nc2ccc(NCNc3ccc(N=Cc4cccc([N+](=O)[O-])c4)cc3)cc2)c1. The zero-order valence-electron chi connectivity index (χ0n) is 19.5. The molecule has 0 amide bonds. The number of aliphatic imine (C=N–C) groups is 2. The minimum absolute atomic E-state index is 0.0267. The van der Waals surface area contributed by atoms with Crippen LogP contribution in [-0.2, 0) is 0 Å². The summed E-state index contributed by atoms with van der Waals surface area (Å²) < 4.78 is 0. The van der Waals surface area contributed by atoms with Gasteiger partial charge in [-0.05, 0) is 59.7 Å². The monoisotopic (exact) mass is 494 g/mol. The van der Waals surface area contributed by atoms with Crippen molar-refractivity contribution >= 4 is 46.6 Å². The van der Waals surface area contributed by atoms with Gasteiger partial charge in [-0.1, -0.05) is 24.3 Å². The van der Waals surface area contributed by atoms with Gasteiger partial charge in [0.1, 0.15) is 0 Å². The lowest BCUT2D eigenvalue weighted by molar-refractivity contribution is -0.385. The van der Waals surface area contributed by atoms with Crippen molar-refractivity contribution in [3.8, 4) is 0 Å². The summed E-state index contributed by atoms with van der Waals surface area (Å²) in [5.74, 6) is 0. The first-order chi connectivity index (χ1) is 18.0. The molecule has 10 nitrogen and oxygen atoms in total. The number of nitrogens with one attached hydrogen (secondary N) is 2. The summed E-state index contributed by atoms with van der Waals surface area (Å²) >= 11 is 0. The molecule has 2 N–H and O–H groups in total. The van der Waals surface area contributed by atoms with E-state index in [1.54, 1.807) is 36.7 Å². The first kappa shape index (κ1) is 24.7. The average molecular weight is 495 g/mol. The summed E-state index contributed by atoms with van der Waals surface area (Å²) in [6, 6.07) is 27.6. The van der Waals surface area contributed by atoms with Crippen molar-refractivity contribution in [2.45, 2.75) is 0 Å². The molecule has 0 atom stereocenters. The van der Waals surface area contributed by atoms with Crippen molar-refractivity contribution < 1.29 is 9.85 Å². The largest absolute Gasteiger partial charge is 0.368 e. The summed E-state index contributed by atoms with van der Waals surface area (Å²) in [5.41, 5.74) is 4.62. The van der Waals surface area contributed by atoms with Crippen LogP contribution in [0.3, 0.4) is 0 Å². The highest BCUT2D eigenvalue weighted by Gasteiger charge is 2.05. The van der Waals surface area contributed by atoms with Gasteiger partial charge >= 0.3 is 0 Å². The smallest absolute Gasteiger partial charge is 0.270 e. The molecule has 0 radical (unpaired) electrons. The zero-order valence-corrected chi connectivity index (χ0v) is 19.5. The minimum atomic E-state index is -0.433. The summed E-state index contributed by atoms with van der Waals surface area (Å²) in [4.78, 5) is 29.6. The summed E-state index contributed by atoms with van der Waals surface area (Å²) in [6.45, 7) is 0.493. The predicted molar refractivity (Wildman–Crippen MR) is 146 cm³/mol. The van der Waals surface area contributed by atoms with Crippen LogP contribution in [0.1, 0.15) is 11.1 Å². The number of benzene rings is 4. The Labute approximate surface area is 212 Å².